The number of halogens is 2. The van der Waals surface area contributed by atoms with E-state index in [4.69, 9.17) is 0 Å². The fourth-order valence-electron chi connectivity index (χ4n) is 1.27. The van der Waals surface area contributed by atoms with Crippen LogP contribution in [0.15, 0.2) is 24.5 Å². The maximum atomic E-state index is 11.4. The van der Waals surface area contributed by atoms with Crippen molar-refractivity contribution in [2.75, 3.05) is 13.6 Å². The van der Waals surface area contributed by atoms with Crippen LogP contribution in [-0.4, -0.2) is 24.5 Å². The quantitative estimate of drug-likeness (QED) is 0.863. The maximum Gasteiger partial charge on any atom is 0.221 e. The molecule has 0 unspecified atom stereocenters. The van der Waals surface area contributed by atoms with Crippen molar-refractivity contribution in [1.82, 2.24) is 15.6 Å². The van der Waals surface area contributed by atoms with Crippen LogP contribution in [0.3, 0.4) is 0 Å². The summed E-state index contributed by atoms with van der Waals surface area (Å²) in [7, 11) is 1.83. The highest BCUT2D eigenvalue weighted by atomic mass is 35.5. The zero-order valence-corrected chi connectivity index (χ0v) is 11.6. The number of amides is 1. The monoisotopic (exact) mass is 279 g/mol. The van der Waals surface area contributed by atoms with Crippen LogP contribution in [0.25, 0.3) is 0 Å². The third kappa shape index (κ3) is 7.15. The molecule has 0 spiro atoms. The Hall–Kier alpha value is -0.840. The predicted molar refractivity (Wildman–Crippen MR) is 73.8 cm³/mol. The molecule has 2 N–H and O–H groups in total. The van der Waals surface area contributed by atoms with Crippen molar-refractivity contribution in [3.05, 3.63) is 30.1 Å². The second kappa shape index (κ2) is 10.3. The minimum Gasteiger partial charge on any atom is -0.349 e. The van der Waals surface area contributed by atoms with E-state index in [2.05, 4.69) is 15.6 Å². The highest BCUT2D eigenvalue weighted by Crippen LogP contribution is 2.09. The van der Waals surface area contributed by atoms with Crippen molar-refractivity contribution >= 4 is 30.7 Å². The van der Waals surface area contributed by atoms with Gasteiger partial charge in [0.2, 0.25) is 5.91 Å². The Balaban J connectivity index is 0. The van der Waals surface area contributed by atoms with Gasteiger partial charge in [-0.05, 0) is 25.6 Å². The zero-order chi connectivity index (χ0) is 11.1. The number of nitrogens with zero attached hydrogens (tertiary/aromatic N) is 1. The van der Waals surface area contributed by atoms with Crippen molar-refractivity contribution in [1.29, 1.82) is 0 Å². The zero-order valence-electron chi connectivity index (χ0n) is 9.97. The summed E-state index contributed by atoms with van der Waals surface area (Å²) in [6.07, 6.45) is 3.99. The lowest BCUT2D eigenvalue weighted by atomic mass is 10.1. The van der Waals surface area contributed by atoms with Crippen LogP contribution in [0.1, 0.15) is 24.9 Å². The van der Waals surface area contributed by atoms with Crippen LogP contribution >= 0.6 is 24.8 Å². The Morgan fingerprint density at radius 3 is 2.71 bits per heavy atom. The molecule has 1 rings (SSSR count). The van der Waals surface area contributed by atoms with Gasteiger partial charge in [-0.1, -0.05) is 6.07 Å². The Morgan fingerprint density at radius 2 is 2.18 bits per heavy atom. The lowest BCUT2D eigenvalue weighted by molar-refractivity contribution is -0.121. The Bertz CT molecular complexity index is 309. The normalized spacial score (nSPS) is 10.7. The van der Waals surface area contributed by atoms with Crippen LogP contribution < -0.4 is 10.6 Å². The third-order valence-electron chi connectivity index (χ3n) is 2.16. The first-order chi connectivity index (χ1) is 7.24. The fraction of sp³-hybridized carbons (Fsp3) is 0.455. The van der Waals surface area contributed by atoms with Crippen molar-refractivity contribution in [3.8, 4) is 0 Å². The van der Waals surface area contributed by atoms with Crippen LogP contribution in [0.5, 0.6) is 0 Å². The largest absolute Gasteiger partial charge is 0.349 e. The minimum atomic E-state index is 0. The number of hydrogen-bond donors (Lipinski definition) is 2. The van der Waals surface area contributed by atoms with Gasteiger partial charge in [-0.2, -0.15) is 0 Å². The average molecular weight is 280 g/mol. The average Bonchev–Trinajstić information content (AvgIpc) is 2.27. The van der Waals surface area contributed by atoms with E-state index >= 15 is 0 Å². The molecule has 6 heteroatoms. The van der Waals surface area contributed by atoms with Crippen LogP contribution in [0.2, 0.25) is 0 Å². The standard InChI is InChI=1S/C11H17N3O.2ClH/c1-9(10-4-3-6-13-8-10)14-11(15)5-7-12-2;;/h3-4,6,8-9,12H,5,7H2,1-2H3,(H,14,15);2*1H/t9-;;/m0../s1. The molecule has 0 radical (unpaired) electrons. The second-order valence-electron chi connectivity index (χ2n) is 3.43. The van der Waals surface area contributed by atoms with E-state index in [0.29, 0.717) is 13.0 Å². The molecule has 1 atom stereocenters. The van der Waals surface area contributed by atoms with Gasteiger partial charge in [0.05, 0.1) is 6.04 Å². The van der Waals surface area contributed by atoms with E-state index < -0.39 is 0 Å². The Kier molecular flexibility index (Phi) is 11.2. The molecule has 0 fully saturated rings. The van der Waals surface area contributed by atoms with E-state index in [0.717, 1.165) is 5.56 Å². The van der Waals surface area contributed by atoms with Gasteiger partial charge in [-0.3, -0.25) is 9.78 Å². The molecule has 0 aromatic carbocycles. The van der Waals surface area contributed by atoms with E-state index in [1.165, 1.54) is 0 Å². The first-order valence-corrected chi connectivity index (χ1v) is 5.08. The highest BCUT2D eigenvalue weighted by molar-refractivity contribution is 5.85. The number of aromatic nitrogens is 1. The van der Waals surface area contributed by atoms with Crippen LogP contribution in [0, 0.1) is 0 Å². The Morgan fingerprint density at radius 1 is 1.47 bits per heavy atom. The second-order valence-corrected chi connectivity index (χ2v) is 3.43. The lowest BCUT2D eigenvalue weighted by Crippen LogP contribution is -2.29. The summed E-state index contributed by atoms with van der Waals surface area (Å²) in [6, 6.07) is 3.84. The number of carbonyl (C=O) groups excluding carboxylic acids is 1. The smallest absolute Gasteiger partial charge is 0.221 e. The summed E-state index contributed by atoms with van der Waals surface area (Å²) in [6.45, 7) is 2.65. The van der Waals surface area contributed by atoms with Gasteiger partial charge < -0.3 is 10.6 Å². The number of hydrogen-bond acceptors (Lipinski definition) is 3. The van der Waals surface area contributed by atoms with Gasteiger partial charge in [-0.15, -0.1) is 24.8 Å². The summed E-state index contributed by atoms with van der Waals surface area (Å²) in [5.74, 6) is 0.0562. The molecule has 1 amide bonds. The topological polar surface area (TPSA) is 54.0 Å². The summed E-state index contributed by atoms with van der Waals surface area (Å²) < 4.78 is 0. The third-order valence-corrected chi connectivity index (χ3v) is 2.16. The van der Waals surface area contributed by atoms with Gasteiger partial charge in [0.1, 0.15) is 0 Å². The van der Waals surface area contributed by atoms with Gasteiger partial charge in [0, 0.05) is 25.4 Å². The summed E-state index contributed by atoms with van der Waals surface area (Å²) >= 11 is 0. The number of pyridine rings is 1. The molecule has 1 heterocycles. The van der Waals surface area contributed by atoms with Crippen molar-refractivity contribution < 1.29 is 4.79 Å². The van der Waals surface area contributed by atoms with Gasteiger partial charge in [0.25, 0.3) is 0 Å². The fourth-order valence-corrected chi connectivity index (χ4v) is 1.27. The summed E-state index contributed by atoms with van der Waals surface area (Å²) in [5.41, 5.74) is 1.02. The van der Waals surface area contributed by atoms with E-state index in [-0.39, 0.29) is 36.8 Å². The first-order valence-electron chi connectivity index (χ1n) is 5.08. The predicted octanol–water partition coefficient (Wildman–Crippen LogP) is 1.71. The van der Waals surface area contributed by atoms with E-state index in [1.54, 1.807) is 12.4 Å². The molecule has 1 aromatic rings. The van der Waals surface area contributed by atoms with Crippen molar-refractivity contribution in [2.24, 2.45) is 0 Å². The molecule has 17 heavy (non-hydrogen) atoms. The summed E-state index contributed by atoms with van der Waals surface area (Å²) in [4.78, 5) is 15.4. The lowest BCUT2D eigenvalue weighted by Gasteiger charge is -2.13. The molecule has 4 nitrogen and oxygen atoms in total. The van der Waals surface area contributed by atoms with Crippen molar-refractivity contribution in [2.45, 2.75) is 19.4 Å². The minimum absolute atomic E-state index is 0. The van der Waals surface area contributed by atoms with Crippen molar-refractivity contribution in [3.63, 3.8) is 0 Å². The van der Waals surface area contributed by atoms with E-state index in [9.17, 15) is 4.79 Å². The highest BCUT2D eigenvalue weighted by Gasteiger charge is 2.08. The maximum absolute atomic E-state index is 11.4. The molecule has 0 saturated heterocycles. The molecular formula is C11H19Cl2N3O. The molecular weight excluding hydrogens is 261 g/mol. The molecule has 1 aromatic heterocycles. The number of carbonyl (C=O) groups is 1. The van der Waals surface area contributed by atoms with Gasteiger partial charge in [-0.25, -0.2) is 0 Å². The molecule has 0 aliphatic rings. The van der Waals surface area contributed by atoms with Gasteiger partial charge >= 0.3 is 0 Å². The van der Waals surface area contributed by atoms with Crippen LogP contribution in [0.4, 0.5) is 0 Å². The van der Waals surface area contributed by atoms with E-state index in [1.807, 2.05) is 26.1 Å². The summed E-state index contributed by atoms with van der Waals surface area (Å²) in [5, 5.41) is 5.85. The van der Waals surface area contributed by atoms with Crippen LogP contribution in [-0.2, 0) is 4.79 Å². The van der Waals surface area contributed by atoms with Gasteiger partial charge in [0.15, 0.2) is 0 Å². The molecule has 0 aliphatic carbocycles. The first kappa shape index (κ1) is 18.5. The Labute approximate surface area is 114 Å². The molecule has 0 bridgehead atoms. The molecule has 98 valence electrons. The molecule has 0 saturated carbocycles. The number of nitrogens with one attached hydrogen (secondary N) is 2. The number of rotatable bonds is 5. The molecule has 0 aliphatic heterocycles. The SMILES string of the molecule is CNCCC(=O)N[C@@H](C)c1cccnc1.Cl.Cl.